The number of rotatable bonds is 18. The lowest BCUT2D eigenvalue weighted by Gasteiger charge is -2.41. The zero-order valence-electron chi connectivity index (χ0n) is 31.0. The Morgan fingerprint density at radius 2 is 1.54 bits per heavy atom. The fourth-order valence-electron chi connectivity index (χ4n) is 13.8. The predicted molar refractivity (Wildman–Crippen MR) is 187 cm³/mol. The molecule has 0 aromatic heterocycles. The molecule has 6 nitrogen and oxygen atoms in total. The molecule has 5 aliphatic rings. The van der Waals surface area contributed by atoms with Crippen molar-refractivity contribution in [2.75, 3.05) is 39.3 Å². The summed E-state index contributed by atoms with van der Waals surface area (Å²) in [6.45, 7) is 24.3. The molecular weight excluding hydrogens is 572 g/mol. The summed E-state index contributed by atoms with van der Waals surface area (Å²) in [4.78, 5) is 32.6. The topological polar surface area (TPSA) is 70.1 Å². The number of ether oxygens (including phenoxy) is 1. The summed E-state index contributed by atoms with van der Waals surface area (Å²) in [6, 6.07) is 0. The van der Waals surface area contributed by atoms with Gasteiger partial charge in [0.25, 0.3) is 0 Å². The summed E-state index contributed by atoms with van der Waals surface area (Å²) in [6.07, 6.45) is 15.5. The summed E-state index contributed by atoms with van der Waals surface area (Å²) in [5.74, 6) is 1.18. The van der Waals surface area contributed by atoms with Crippen molar-refractivity contribution in [1.82, 2.24) is 9.80 Å². The Kier molecular flexibility index (Phi) is 11.1. The minimum absolute atomic E-state index is 0.0573. The zero-order valence-corrected chi connectivity index (χ0v) is 31.0. The molecule has 1 spiro atoms. The number of aliphatic carboxylic acids is 1. The highest BCUT2D eigenvalue weighted by atomic mass is 16.5. The van der Waals surface area contributed by atoms with Gasteiger partial charge in [0.1, 0.15) is 6.29 Å². The average Bonchev–Trinajstić information content (AvgIpc) is 3.78. The number of carbonyl (C=O) groups excluding carboxylic acids is 1. The summed E-state index contributed by atoms with van der Waals surface area (Å²) < 4.78 is 7.49. The maximum absolute atomic E-state index is 13.7. The Hall–Kier alpha value is -0.980. The lowest BCUT2D eigenvalue weighted by molar-refractivity contribution is -0.150. The number of likely N-dealkylation sites (N-methyl/N-ethyl adjacent to an activating group) is 1. The largest absolute Gasteiger partial charge is 0.481 e. The Bertz CT molecular complexity index is 1060. The Morgan fingerprint density at radius 3 is 2.04 bits per heavy atom. The molecule has 10 atom stereocenters. The molecule has 10 unspecified atom stereocenters. The van der Waals surface area contributed by atoms with Crippen LogP contribution in [0.25, 0.3) is 0 Å². The minimum atomic E-state index is -0.991. The van der Waals surface area contributed by atoms with E-state index in [4.69, 9.17) is 4.74 Å². The second-order valence-corrected chi connectivity index (χ2v) is 16.5. The van der Waals surface area contributed by atoms with Gasteiger partial charge in [-0.2, -0.15) is 0 Å². The highest BCUT2D eigenvalue weighted by molar-refractivity contribution is 5.95. The van der Waals surface area contributed by atoms with E-state index in [1.165, 1.54) is 57.8 Å². The summed E-state index contributed by atoms with van der Waals surface area (Å²) >= 11 is 0. The van der Waals surface area contributed by atoms with Gasteiger partial charge in [0.2, 0.25) is 0 Å². The van der Waals surface area contributed by atoms with Gasteiger partial charge in [0.05, 0.1) is 23.0 Å². The van der Waals surface area contributed by atoms with E-state index in [1.807, 2.05) is 0 Å². The van der Waals surface area contributed by atoms with Crippen LogP contribution < -0.4 is 0 Å². The molecule has 264 valence electrons. The van der Waals surface area contributed by atoms with Crippen molar-refractivity contribution < 1.29 is 19.4 Å². The van der Waals surface area contributed by atoms with E-state index in [0.29, 0.717) is 17.8 Å². The third kappa shape index (κ3) is 4.78. The Morgan fingerprint density at radius 1 is 0.913 bits per heavy atom. The van der Waals surface area contributed by atoms with Crippen molar-refractivity contribution in [3.05, 3.63) is 0 Å². The lowest BCUT2D eigenvalue weighted by atomic mass is 9.63. The molecule has 0 aromatic carbocycles. The van der Waals surface area contributed by atoms with Gasteiger partial charge in [-0.15, -0.1) is 0 Å². The van der Waals surface area contributed by atoms with Gasteiger partial charge in [-0.05, 0) is 93.9 Å². The van der Waals surface area contributed by atoms with E-state index in [2.05, 4.69) is 65.2 Å². The van der Waals surface area contributed by atoms with Gasteiger partial charge in [-0.3, -0.25) is 4.79 Å². The number of carboxylic acid groups (broad SMARTS) is 1. The second-order valence-electron chi connectivity index (χ2n) is 16.5. The first-order valence-corrected chi connectivity index (χ1v) is 19.9. The molecule has 46 heavy (non-hydrogen) atoms. The molecular formula is C40H70N2O4. The van der Waals surface area contributed by atoms with E-state index in [-0.39, 0.29) is 35.4 Å². The Labute approximate surface area is 282 Å². The second kappa shape index (κ2) is 14.1. The van der Waals surface area contributed by atoms with Crippen LogP contribution in [0, 0.1) is 57.2 Å². The molecule has 1 N–H and O–H groups in total. The van der Waals surface area contributed by atoms with Crippen LogP contribution in [-0.2, 0) is 14.3 Å². The summed E-state index contributed by atoms with van der Waals surface area (Å²) in [5, 5.41) is 11.3. The molecule has 0 amide bonds. The van der Waals surface area contributed by atoms with E-state index in [9.17, 15) is 14.7 Å². The monoisotopic (exact) mass is 643 g/mol. The van der Waals surface area contributed by atoms with E-state index in [0.717, 1.165) is 64.8 Å². The average molecular weight is 643 g/mol. The number of hydrogen-bond acceptors (Lipinski definition) is 5. The van der Waals surface area contributed by atoms with Crippen LogP contribution in [0.1, 0.15) is 132 Å². The molecule has 5 rings (SSSR count). The number of aldehydes is 1. The van der Waals surface area contributed by atoms with Crippen molar-refractivity contribution in [1.29, 1.82) is 0 Å². The van der Waals surface area contributed by atoms with Gasteiger partial charge in [-0.25, -0.2) is 0 Å². The van der Waals surface area contributed by atoms with Gasteiger partial charge < -0.3 is 24.4 Å². The SMILES string of the molecule is CCC1CC2(C3CC(C4CCCCC4)C(CN(CC)CCCCN(CC)CC)O3)C(CC)C23C(C=O)(C1CC)C3(C(=O)O)C(C)C. The molecule has 6 heteroatoms. The molecule has 4 saturated carbocycles. The molecule has 0 bridgehead atoms. The third-order valence-electron chi connectivity index (χ3n) is 15.3. The first kappa shape index (κ1) is 36.3. The third-order valence-corrected chi connectivity index (χ3v) is 15.3. The number of hydrogen-bond donors (Lipinski definition) is 1. The first-order valence-electron chi connectivity index (χ1n) is 19.9. The molecule has 1 saturated heterocycles. The summed E-state index contributed by atoms with van der Waals surface area (Å²) in [5.41, 5.74) is -2.45. The first-order chi connectivity index (χ1) is 22.1. The van der Waals surface area contributed by atoms with Gasteiger partial charge in [0.15, 0.2) is 0 Å². The summed E-state index contributed by atoms with van der Waals surface area (Å²) in [7, 11) is 0. The van der Waals surface area contributed by atoms with Crippen molar-refractivity contribution in [3.8, 4) is 0 Å². The van der Waals surface area contributed by atoms with E-state index in [1.54, 1.807) is 0 Å². The maximum atomic E-state index is 13.7. The van der Waals surface area contributed by atoms with Gasteiger partial charge >= 0.3 is 5.97 Å². The van der Waals surface area contributed by atoms with Crippen molar-refractivity contribution in [2.24, 2.45) is 57.2 Å². The maximum Gasteiger partial charge on any atom is 0.311 e. The van der Waals surface area contributed by atoms with Crippen molar-refractivity contribution >= 4 is 12.3 Å². The lowest BCUT2D eigenvalue weighted by Crippen LogP contribution is -2.41. The van der Waals surface area contributed by atoms with Crippen LogP contribution in [0.3, 0.4) is 0 Å². The molecule has 1 heterocycles. The molecule has 0 aromatic rings. The van der Waals surface area contributed by atoms with Crippen LogP contribution in [-0.4, -0.2) is 78.6 Å². The molecule has 1 aliphatic heterocycles. The number of nitrogens with zero attached hydrogens (tertiary/aromatic N) is 2. The zero-order chi connectivity index (χ0) is 33.5. The minimum Gasteiger partial charge on any atom is -0.481 e. The standard InChI is InChI=1S/C40H70N2O4/c1-9-29-25-37(34(11-3)40(37)38(27-43,32(29)10-2)39(40,28(7)8)36(44)45)35-24-31(30-20-16-15-17-21-30)33(46-35)26-42(14-6)23-19-18-22-41(12-4)13-5/h27-35H,9-26H2,1-8H3,(H,44,45). The highest BCUT2D eigenvalue weighted by Gasteiger charge is 3.09. The van der Waals surface area contributed by atoms with Gasteiger partial charge in [-0.1, -0.05) is 107 Å². The van der Waals surface area contributed by atoms with Crippen LogP contribution >= 0.6 is 0 Å². The van der Waals surface area contributed by atoms with Gasteiger partial charge in [0, 0.05) is 17.4 Å². The smallest absolute Gasteiger partial charge is 0.311 e. The number of carboxylic acids is 1. The van der Waals surface area contributed by atoms with Crippen LogP contribution in [0.4, 0.5) is 0 Å². The van der Waals surface area contributed by atoms with E-state index < -0.39 is 22.2 Å². The predicted octanol–water partition coefficient (Wildman–Crippen LogP) is 8.18. The molecule has 0 radical (unpaired) electrons. The Balaban J connectivity index is 1.47. The van der Waals surface area contributed by atoms with Crippen LogP contribution in [0.15, 0.2) is 0 Å². The molecule has 4 aliphatic carbocycles. The quantitative estimate of drug-likeness (QED) is 0.120. The fraction of sp³-hybridized carbons (Fsp3) is 0.950. The van der Waals surface area contributed by atoms with Crippen molar-refractivity contribution in [3.63, 3.8) is 0 Å². The fourth-order valence-corrected chi connectivity index (χ4v) is 13.8. The number of unbranched alkanes of at least 4 members (excludes halogenated alkanes) is 1. The highest BCUT2D eigenvalue weighted by Crippen LogP contribution is 3.06. The normalized spacial score (nSPS) is 42.0. The van der Waals surface area contributed by atoms with Crippen LogP contribution in [0.5, 0.6) is 0 Å². The number of carbonyl (C=O) groups is 2. The van der Waals surface area contributed by atoms with Crippen LogP contribution in [0.2, 0.25) is 0 Å². The molecule has 5 fully saturated rings. The van der Waals surface area contributed by atoms with E-state index >= 15 is 0 Å². The van der Waals surface area contributed by atoms with Crippen molar-refractivity contribution in [2.45, 2.75) is 145 Å².